The highest BCUT2D eigenvalue weighted by atomic mass is 16.5. The van der Waals surface area contributed by atoms with E-state index in [2.05, 4.69) is 10.3 Å². The van der Waals surface area contributed by atoms with Gasteiger partial charge in [0.05, 0.1) is 29.4 Å². The summed E-state index contributed by atoms with van der Waals surface area (Å²) in [5.41, 5.74) is 3.33. The second kappa shape index (κ2) is 7.91. The fourth-order valence-electron chi connectivity index (χ4n) is 3.73. The molecule has 29 heavy (non-hydrogen) atoms. The third-order valence-electron chi connectivity index (χ3n) is 5.18. The number of fused-ring (bicyclic) bond motifs is 1. The molecule has 0 spiro atoms. The van der Waals surface area contributed by atoms with Crippen LogP contribution in [0.5, 0.6) is 5.75 Å². The molecule has 0 bridgehead atoms. The van der Waals surface area contributed by atoms with Crippen LogP contribution in [0.4, 0.5) is 11.4 Å². The van der Waals surface area contributed by atoms with Gasteiger partial charge in [0.1, 0.15) is 5.75 Å². The number of ether oxygens (including phenoxy) is 1. The molecule has 1 atom stereocenters. The fourth-order valence-corrected chi connectivity index (χ4v) is 3.73. The highest BCUT2D eigenvalue weighted by Gasteiger charge is 2.36. The van der Waals surface area contributed by atoms with Gasteiger partial charge in [-0.1, -0.05) is 18.2 Å². The normalized spacial score (nSPS) is 16.3. The first kappa shape index (κ1) is 18.9. The maximum atomic E-state index is 12.9. The Bertz CT molecular complexity index is 1080. The highest BCUT2D eigenvalue weighted by molar-refractivity contribution is 6.07. The van der Waals surface area contributed by atoms with Crippen molar-refractivity contribution >= 4 is 34.1 Å². The first-order chi connectivity index (χ1) is 14.1. The maximum absolute atomic E-state index is 12.9. The van der Waals surface area contributed by atoms with Crippen LogP contribution < -0.4 is 15.0 Å². The van der Waals surface area contributed by atoms with Gasteiger partial charge in [-0.25, -0.2) is 0 Å². The second-order valence-electron chi connectivity index (χ2n) is 7.12. The van der Waals surface area contributed by atoms with Crippen LogP contribution in [0.2, 0.25) is 0 Å². The van der Waals surface area contributed by atoms with Gasteiger partial charge in [0.15, 0.2) is 0 Å². The number of carbonyl (C=O) groups excluding carboxylic acids is 2. The molecule has 0 radical (unpaired) electrons. The molecule has 1 unspecified atom stereocenters. The van der Waals surface area contributed by atoms with Gasteiger partial charge in [-0.15, -0.1) is 0 Å². The van der Waals surface area contributed by atoms with E-state index in [0.29, 0.717) is 30.3 Å². The monoisotopic (exact) mass is 389 g/mol. The maximum Gasteiger partial charge on any atom is 0.229 e. The van der Waals surface area contributed by atoms with Crippen molar-refractivity contribution in [2.24, 2.45) is 5.92 Å². The lowest BCUT2D eigenvalue weighted by molar-refractivity contribution is -0.122. The van der Waals surface area contributed by atoms with Crippen molar-refractivity contribution in [2.75, 3.05) is 23.4 Å². The smallest absolute Gasteiger partial charge is 0.229 e. The van der Waals surface area contributed by atoms with Crippen molar-refractivity contribution in [3.8, 4) is 5.75 Å². The van der Waals surface area contributed by atoms with Crippen molar-refractivity contribution < 1.29 is 14.3 Å². The number of aryl methyl sites for hydroxylation is 1. The predicted molar refractivity (Wildman–Crippen MR) is 113 cm³/mol. The molecule has 2 heterocycles. The first-order valence-electron chi connectivity index (χ1n) is 9.76. The molecule has 0 aliphatic carbocycles. The molecule has 1 aromatic heterocycles. The van der Waals surface area contributed by atoms with E-state index in [4.69, 9.17) is 4.74 Å². The van der Waals surface area contributed by atoms with Gasteiger partial charge in [-0.05, 0) is 49.7 Å². The van der Waals surface area contributed by atoms with E-state index in [1.165, 1.54) is 0 Å². The van der Waals surface area contributed by atoms with Gasteiger partial charge >= 0.3 is 0 Å². The number of rotatable bonds is 5. The number of benzene rings is 2. The number of pyridine rings is 1. The van der Waals surface area contributed by atoms with E-state index in [1.807, 2.05) is 62.4 Å². The molecule has 1 aliphatic rings. The van der Waals surface area contributed by atoms with Crippen LogP contribution in [0.3, 0.4) is 0 Å². The first-order valence-corrected chi connectivity index (χ1v) is 9.76. The largest absolute Gasteiger partial charge is 0.492 e. The molecule has 6 nitrogen and oxygen atoms in total. The molecular formula is C23H23N3O3. The quantitative estimate of drug-likeness (QED) is 0.718. The zero-order valence-corrected chi connectivity index (χ0v) is 16.5. The highest BCUT2D eigenvalue weighted by Crippen LogP contribution is 2.34. The van der Waals surface area contributed by atoms with Crippen LogP contribution >= 0.6 is 0 Å². The van der Waals surface area contributed by atoms with Crippen LogP contribution in [-0.2, 0) is 9.59 Å². The van der Waals surface area contributed by atoms with Gasteiger partial charge in [0.25, 0.3) is 0 Å². The molecule has 2 aromatic carbocycles. The van der Waals surface area contributed by atoms with Crippen molar-refractivity contribution in [1.29, 1.82) is 0 Å². The number of nitrogens with zero attached hydrogens (tertiary/aromatic N) is 2. The fraction of sp³-hybridized carbons (Fsp3) is 0.261. The molecule has 0 saturated carbocycles. The van der Waals surface area contributed by atoms with Crippen molar-refractivity contribution in [2.45, 2.75) is 20.3 Å². The minimum absolute atomic E-state index is 0.0762. The summed E-state index contributed by atoms with van der Waals surface area (Å²) in [6.07, 6.45) is 1.92. The Morgan fingerprint density at radius 2 is 2.03 bits per heavy atom. The molecular weight excluding hydrogens is 366 g/mol. The van der Waals surface area contributed by atoms with Gasteiger partial charge in [-0.2, -0.15) is 0 Å². The topological polar surface area (TPSA) is 71.5 Å². The van der Waals surface area contributed by atoms with Gasteiger partial charge in [-0.3, -0.25) is 14.6 Å². The summed E-state index contributed by atoms with van der Waals surface area (Å²) in [6.45, 7) is 4.73. The number of nitrogens with one attached hydrogen (secondary N) is 1. The summed E-state index contributed by atoms with van der Waals surface area (Å²) in [7, 11) is 0. The Kier molecular flexibility index (Phi) is 5.16. The lowest BCUT2D eigenvalue weighted by atomic mass is 10.1. The molecule has 1 saturated heterocycles. The van der Waals surface area contributed by atoms with Gasteiger partial charge in [0.2, 0.25) is 11.8 Å². The number of hydrogen-bond donors (Lipinski definition) is 1. The lowest BCUT2D eigenvalue weighted by Gasteiger charge is -2.20. The standard InChI is InChI=1S/C23H23N3O3/c1-3-29-20-9-5-4-8-19(20)26-14-16(13-21(26)27)23(28)25-18-11-10-15(2)22-17(18)7-6-12-24-22/h4-12,16H,3,13-14H2,1-2H3,(H,25,28). The third kappa shape index (κ3) is 3.66. The van der Waals surface area contributed by atoms with Gasteiger partial charge < -0.3 is 15.0 Å². The van der Waals surface area contributed by atoms with E-state index < -0.39 is 5.92 Å². The average Bonchev–Trinajstić information content (AvgIpc) is 3.12. The minimum atomic E-state index is -0.426. The molecule has 1 aliphatic heterocycles. The molecule has 4 rings (SSSR count). The molecule has 1 fully saturated rings. The molecule has 6 heteroatoms. The van der Waals surface area contributed by atoms with E-state index in [0.717, 1.165) is 16.5 Å². The molecule has 148 valence electrons. The zero-order valence-electron chi connectivity index (χ0n) is 16.5. The summed E-state index contributed by atoms with van der Waals surface area (Å²) in [5.74, 6) is -0.0123. The SMILES string of the molecule is CCOc1ccccc1N1CC(C(=O)Nc2ccc(C)c3ncccc23)CC1=O. The van der Waals surface area contributed by atoms with Crippen LogP contribution in [0, 0.1) is 12.8 Å². The number of para-hydroxylation sites is 2. The van der Waals surface area contributed by atoms with Crippen LogP contribution in [0.15, 0.2) is 54.7 Å². The Labute approximate surface area is 169 Å². The van der Waals surface area contributed by atoms with Crippen LogP contribution in [0.25, 0.3) is 10.9 Å². The number of aromatic nitrogens is 1. The summed E-state index contributed by atoms with van der Waals surface area (Å²) in [4.78, 5) is 31.6. The summed E-state index contributed by atoms with van der Waals surface area (Å²) in [5, 5.41) is 3.89. The Hall–Kier alpha value is -3.41. The van der Waals surface area contributed by atoms with Crippen LogP contribution in [-0.4, -0.2) is 29.9 Å². The number of amides is 2. The van der Waals surface area contributed by atoms with Crippen molar-refractivity contribution in [3.63, 3.8) is 0 Å². The Balaban J connectivity index is 1.55. The van der Waals surface area contributed by atoms with E-state index in [9.17, 15) is 9.59 Å². The Morgan fingerprint density at radius 3 is 2.86 bits per heavy atom. The third-order valence-corrected chi connectivity index (χ3v) is 5.18. The van der Waals surface area contributed by atoms with E-state index in [-0.39, 0.29) is 18.2 Å². The minimum Gasteiger partial charge on any atom is -0.492 e. The van der Waals surface area contributed by atoms with Crippen LogP contribution in [0.1, 0.15) is 18.9 Å². The van der Waals surface area contributed by atoms with Crippen molar-refractivity contribution in [3.05, 3.63) is 60.3 Å². The number of anilines is 2. The molecule has 2 amide bonds. The summed E-state index contributed by atoms with van der Waals surface area (Å²) in [6, 6.07) is 15.0. The summed E-state index contributed by atoms with van der Waals surface area (Å²) < 4.78 is 5.65. The number of carbonyl (C=O) groups is 2. The van der Waals surface area contributed by atoms with Gasteiger partial charge in [0, 0.05) is 24.5 Å². The second-order valence-corrected chi connectivity index (χ2v) is 7.12. The summed E-state index contributed by atoms with van der Waals surface area (Å²) >= 11 is 0. The average molecular weight is 389 g/mol. The number of hydrogen-bond acceptors (Lipinski definition) is 4. The van der Waals surface area contributed by atoms with E-state index >= 15 is 0 Å². The van der Waals surface area contributed by atoms with Crippen molar-refractivity contribution in [1.82, 2.24) is 4.98 Å². The Morgan fingerprint density at radius 1 is 1.21 bits per heavy atom. The molecule has 1 N–H and O–H groups in total. The van der Waals surface area contributed by atoms with E-state index in [1.54, 1.807) is 11.1 Å². The predicted octanol–water partition coefficient (Wildman–Crippen LogP) is 3.93. The zero-order chi connectivity index (χ0) is 20.4. The lowest BCUT2D eigenvalue weighted by Crippen LogP contribution is -2.28. The molecule has 3 aromatic rings.